The first-order chi connectivity index (χ1) is 14.6. The molecule has 1 aliphatic heterocycles. The van der Waals surface area contributed by atoms with E-state index in [4.69, 9.17) is 0 Å². The molecule has 1 N–H and O–H groups in total. The van der Waals surface area contributed by atoms with Crippen LogP contribution in [0.1, 0.15) is 5.69 Å². The zero-order valence-corrected chi connectivity index (χ0v) is 16.9. The van der Waals surface area contributed by atoms with Crippen LogP contribution in [0.25, 0.3) is 28.0 Å². The largest absolute Gasteiger partial charge is 0.369 e. The lowest BCUT2D eigenvalue weighted by atomic mass is 10.1. The number of rotatable bonds is 3. The predicted octanol–water partition coefficient (Wildman–Crippen LogP) is 1.63. The maximum absolute atomic E-state index is 12.6. The van der Waals surface area contributed by atoms with Crippen LogP contribution in [0.15, 0.2) is 47.7 Å². The monoisotopic (exact) mass is 402 g/mol. The van der Waals surface area contributed by atoms with Crippen LogP contribution in [0.5, 0.6) is 0 Å². The molecule has 0 saturated carbocycles. The van der Waals surface area contributed by atoms with Gasteiger partial charge in [-0.2, -0.15) is 14.9 Å². The Balaban J connectivity index is 1.53. The molecule has 0 aliphatic carbocycles. The molecule has 5 rings (SSSR count). The second-order valence-corrected chi connectivity index (χ2v) is 7.56. The highest BCUT2D eigenvalue weighted by Crippen LogP contribution is 2.27. The van der Waals surface area contributed by atoms with Crippen LogP contribution < -0.4 is 10.5 Å². The molecule has 0 atom stereocenters. The van der Waals surface area contributed by atoms with Crippen LogP contribution in [0.4, 0.5) is 5.69 Å². The zero-order valence-electron chi connectivity index (χ0n) is 16.9. The number of piperazine rings is 1. The Bertz CT molecular complexity index is 1250. The number of H-pyrrole nitrogens is 1. The number of hydrogen-bond donors (Lipinski definition) is 1. The van der Waals surface area contributed by atoms with Crippen LogP contribution in [0.2, 0.25) is 0 Å². The number of aromatic amines is 1. The lowest BCUT2D eigenvalue weighted by molar-refractivity contribution is 0.313. The molecule has 0 bridgehead atoms. The molecule has 9 nitrogen and oxygen atoms in total. The van der Waals surface area contributed by atoms with Gasteiger partial charge in [0.15, 0.2) is 0 Å². The number of anilines is 1. The minimum Gasteiger partial charge on any atom is -0.369 e. The van der Waals surface area contributed by atoms with Gasteiger partial charge in [0.1, 0.15) is 23.2 Å². The van der Waals surface area contributed by atoms with Gasteiger partial charge in [0.25, 0.3) is 5.56 Å². The van der Waals surface area contributed by atoms with Gasteiger partial charge >= 0.3 is 0 Å². The number of nitrogens with one attached hydrogen (secondary N) is 1. The van der Waals surface area contributed by atoms with Gasteiger partial charge in [0, 0.05) is 43.5 Å². The SMILES string of the molecule is Cc1ncncc1-n1nc2c(-c3ccc(N4CCN(C)CC4)cc3)n[nH]c2cc1=O. The van der Waals surface area contributed by atoms with Crippen LogP contribution in [0.3, 0.4) is 0 Å². The smallest absolute Gasteiger partial charge is 0.273 e. The highest BCUT2D eigenvalue weighted by atomic mass is 16.1. The molecule has 1 saturated heterocycles. The van der Waals surface area contributed by atoms with Crippen molar-refractivity contribution < 1.29 is 0 Å². The van der Waals surface area contributed by atoms with E-state index in [1.54, 1.807) is 6.20 Å². The van der Waals surface area contributed by atoms with Crippen molar-refractivity contribution in [1.29, 1.82) is 0 Å². The summed E-state index contributed by atoms with van der Waals surface area (Å²) in [7, 11) is 2.15. The molecule has 0 radical (unpaired) electrons. The molecule has 152 valence electrons. The summed E-state index contributed by atoms with van der Waals surface area (Å²) in [5.74, 6) is 0. The topological polar surface area (TPSA) is 95.8 Å². The molecule has 3 aromatic heterocycles. The molecule has 1 aromatic carbocycles. The maximum atomic E-state index is 12.6. The van der Waals surface area contributed by atoms with Gasteiger partial charge in [-0.25, -0.2) is 9.97 Å². The minimum absolute atomic E-state index is 0.263. The number of aromatic nitrogens is 6. The van der Waals surface area contributed by atoms with Gasteiger partial charge in [-0.15, -0.1) is 0 Å². The average molecular weight is 402 g/mol. The van der Waals surface area contributed by atoms with Crippen molar-refractivity contribution in [3.05, 3.63) is 58.9 Å². The molecule has 1 fully saturated rings. The van der Waals surface area contributed by atoms with Crippen molar-refractivity contribution in [2.75, 3.05) is 38.1 Å². The summed E-state index contributed by atoms with van der Waals surface area (Å²) in [5.41, 5.74) is 5.06. The lowest BCUT2D eigenvalue weighted by Crippen LogP contribution is -2.44. The summed E-state index contributed by atoms with van der Waals surface area (Å²) in [5, 5.41) is 11.9. The van der Waals surface area contributed by atoms with Crippen LogP contribution in [0, 0.1) is 6.92 Å². The van der Waals surface area contributed by atoms with Crippen molar-refractivity contribution >= 4 is 16.7 Å². The quantitative estimate of drug-likeness (QED) is 0.556. The normalized spacial score (nSPS) is 15.1. The number of benzene rings is 1. The van der Waals surface area contributed by atoms with E-state index in [0.717, 1.165) is 31.7 Å². The first-order valence-electron chi connectivity index (χ1n) is 9.89. The number of hydrogen-bond acceptors (Lipinski definition) is 7. The standard InChI is InChI=1S/C21H22N8O/c1-14-18(12-22-13-23-14)29-19(30)11-17-21(26-29)20(25-24-17)15-3-5-16(6-4-15)28-9-7-27(2)8-10-28/h3-6,11-13,24H,7-10H2,1-2H3. The van der Waals surface area contributed by atoms with E-state index in [0.29, 0.717) is 28.1 Å². The molecule has 4 heterocycles. The van der Waals surface area contributed by atoms with Crippen molar-refractivity contribution in [3.63, 3.8) is 0 Å². The minimum atomic E-state index is -0.263. The Labute approximate surface area is 173 Å². The van der Waals surface area contributed by atoms with Gasteiger partial charge < -0.3 is 9.80 Å². The average Bonchev–Trinajstić information content (AvgIpc) is 3.17. The number of nitrogens with zero attached hydrogens (tertiary/aromatic N) is 7. The maximum Gasteiger partial charge on any atom is 0.273 e. The molecule has 0 amide bonds. The third-order valence-corrected chi connectivity index (χ3v) is 5.57. The molecule has 9 heteroatoms. The molecule has 30 heavy (non-hydrogen) atoms. The van der Waals surface area contributed by atoms with Crippen LogP contribution >= 0.6 is 0 Å². The highest BCUT2D eigenvalue weighted by molar-refractivity contribution is 5.89. The van der Waals surface area contributed by atoms with Crippen LogP contribution in [-0.2, 0) is 0 Å². The third-order valence-electron chi connectivity index (χ3n) is 5.57. The van der Waals surface area contributed by atoms with E-state index >= 15 is 0 Å². The Kier molecular flexibility index (Phi) is 4.51. The molecule has 4 aromatic rings. The van der Waals surface area contributed by atoms with Crippen LogP contribution in [-0.4, -0.2) is 68.1 Å². The van der Waals surface area contributed by atoms with Gasteiger partial charge in [-0.3, -0.25) is 9.89 Å². The summed E-state index contributed by atoms with van der Waals surface area (Å²) < 4.78 is 1.33. The number of aryl methyl sites for hydroxylation is 1. The molecule has 0 spiro atoms. The molecule has 0 unspecified atom stereocenters. The van der Waals surface area contributed by atoms with Gasteiger partial charge in [0.2, 0.25) is 0 Å². The van der Waals surface area contributed by atoms with Gasteiger partial charge in [-0.1, -0.05) is 12.1 Å². The summed E-state index contributed by atoms with van der Waals surface area (Å²) in [6.45, 7) is 6.00. The molecule has 1 aliphatic rings. The Hall–Kier alpha value is -3.59. The first-order valence-corrected chi connectivity index (χ1v) is 9.89. The van der Waals surface area contributed by atoms with Crippen molar-refractivity contribution in [3.8, 4) is 16.9 Å². The van der Waals surface area contributed by atoms with E-state index in [9.17, 15) is 4.79 Å². The fourth-order valence-corrected chi connectivity index (χ4v) is 3.75. The Morgan fingerprint density at radius 3 is 2.57 bits per heavy atom. The molecular weight excluding hydrogens is 380 g/mol. The van der Waals surface area contributed by atoms with Crippen molar-refractivity contribution in [1.82, 2.24) is 34.8 Å². The highest BCUT2D eigenvalue weighted by Gasteiger charge is 2.17. The summed E-state index contributed by atoms with van der Waals surface area (Å²) in [6.07, 6.45) is 3.04. The lowest BCUT2D eigenvalue weighted by Gasteiger charge is -2.34. The Morgan fingerprint density at radius 1 is 1.07 bits per heavy atom. The van der Waals surface area contributed by atoms with E-state index in [2.05, 4.69) is 66.4 Å². The van der Waals surface area contributed by atoms with Crippen molar-refractivity contribution in [2.24, 2.45) is 0 Å². The zero-order chi connectivity index (χ0) is 20.7. The first kappa shape index (κ1) is 18.4. The second kappa shape index (κ2) is 7.34. The second-order valence-electron chi connectivity index (χ2n) is 7.56. The fourth-order valence-electron chi connectivity index (χ4n) is 3.75. The van der Waals surface area contributed by atoms with Gasteiger partial charge in [-0.05, 0) is 26.1 Å². The summed E-state index contributed by atoms with van der Waals surface area (Å²) in [4.78, 5) is 25.5. The van der Waals surface area contributed by atoms with Gasteiger partial charge in [0.05, 0.1) is 17.4 Å². The van der Waals surface area contributed by atoms with E-state index in [-0.39, 0.29) is 5.56 Å². The van der Waals surface area contributed by atoms with E-state index in [1.165, 1.54) is 22.8 Å². The summed E-state index contributed by atoms with van der Waals surface area (Å²) >= 11 is 0. The molecular formula is C21H22N8O. The summed E-state index contributed by atoms with van der Waals surface area (Å²) in [6, 6.07) is 9.84. The number of fused-ring (bicyclic) bond motifs is 1. The predicted molar refractivity (Wildman–Crippen MR) is 115 cm³/mol. The number of likely N-dealkylation sites (N-methyl/N-ethyl adjacent to an activating group) is 1. The third kappa shape index (κ3) is 3.22. The van der Waals surface area contributed by atoms with Crippen molar-refractivity contribution in [2.45, 2.75) is 6.92 Å². The fraction of sp³-hybridized carbons (Fsp3) is 0.286. The van der Waals surface area contributed by atoms with E-state index in [1.807, 2.05) is 6.92 Å². The van der Waals surface area contributed by atoms with E-state index < -0.39 is 0 Å². The Morgan fingerprint density at radius 2 is 1.83 bits per heavy atom.